The van der Waals surface area contributed by atoms with Gasteiger partial charge in [0.25, 0.3) is 0 Å². The van der Waals surface area contributed by atoms with Gasteiger partial charge in [0.15, 0.2) is 9.84 Å². The number of para-hydroxylation sites is 1. The topological polar surface area (TPSA) is 54.5 Å². The molecular weight excluding hydrogens is 322 g/mol. The van der Waals surface area contributed by atoms with Gasteiger partial charge in [-0.2, -0.15) is 0 Å². The Bertz CT molecular complexity index is 635. The predicted octanol–water partition coefficient (Wildman–Crippen LogP) is 2.57. The summed E-state index contributed by atoms with van der Waals surface area (Å²) in [6.07, 6.45) is 2.05. The summed E-state index contributed by atoms with van der Waals surface area (Å²) in [6.45, 7) is 4.07. The molecule has 1 aliphatic heterocycles. The quantitative estimate of drug-likeness (QED) is 0.772. The van der Waals surface area contributed by atoms with Gasteiger partial charge in [0.1, 0.15) is 5.88 Å². The third kappa shape index (κ3) is 3.46. The Labute approximate surface area is 137 Å². The van der Waals surface area contributed by atoms with Crippen molar-refractivity contribution in [1.29, 1.82) is 0 Å². The number of nitrogens with zero attached hydrogens (tertiary/aromatic N) is 1. The van der Waals surface area contributed by atoms with Crippen LogP contribution in [0.4, 0.5) is 5.69 Å². The van der Waals surface area contributed by atoms with E-state index in [0.29, 0.717) is 6.42 Å². The number of rotatable bonds is 5. The van der Waals surface area contributed by atoms with E-state index in [1.54, 1.807) is 4.90 Å². The van der Waals surface area contributed by atoms with Crippen LogP contribution in [0.2, 0.25) is 0 Å². The molecule has 1 heterocycles. The molecule has 0 bridgehead atoms. The average Bonchev–Trinajstić information content (AvgIpc) is 2.87. The molecule has 1 aromatic carbocycles. The minimum Gasteiger partial charge on any atom is -0.307 e. The van der Waals surface area contributed by atoms with Crippen molar-refractivity contribution in [3.8, 4) is 0 Å². The molecule has 0 saturated carbocycles. The number of hydrogen-bond acceptors (Lipinski definition) is 3. The summed E-state index contributed by atoms with van der Waals surface area (Å²) in [7, 11) is -3.07. The molecule has 0 N–H and O–H groups in total. The number of carbonyl (C=O) groups is 1. The Morgan fingerprint density at radius 1 is 1.27 bits per heavy atom. The lowest BCUT2D eigenvalue weighted by atomic mass is 10.00. The van der Waals surface area contributed by atoms with Crippen molar-refractivity contribution in [2.75, 3.05) is 22.3 Å². The SMILES string of the molecule is CCc1cccc(CC)c1N(C(=O)CCl)[C@H]1CCS(=O)(=O)C1. The number of carbonyl (C=O) groups excluding carboxylic acids is 1. The molecule has 4 nitrogen and oxygen atoms in total. The molecule has 22 heavy (non-hydrogen) atoms. The maximum Gasteiger partial charge on any atom is 0.242 e. The Kier molecular flexibility index (Phi) is 5.50. The fourth-order valence-corrected chi connectivity index (χ4v) is 4.91. The molecule has 1 saturated heterocycles. The highest BCUT2D eigenvalue weighted by Crippen LogP contribution is 2.32. The molecule has 0 aliphatic carbocycles. The van der Waals surface area contributed by atoms with Crippen LogP contribution in [0.1, 0.15) is 31.4 Å². The second-order valence-electron chi connectivity index (χ2n) is 5.59. The van der Waals surface area contributed by atoms with E-state index in [0.717, 1.165) is 29.7 Å². The van der Waals surface area contributed by atoms with Crippen LogP contribution in [-0.4, -0.2) is 37.8 Å². The van der Waals surface area contributed by atoms with Crippen molar-refractivity contribution in [1.82, 2.24) is 0 Å². The number of alkyl halides is 1. The van der Waals surface area contributed by atoms with E-state index in [4.69, 9.17) is 11.6 Å². The van der Waals surface area contributed by atoms with Gasteiger partial charge >= 0.3 is 0 Å². The van der Waals surface area contributed by atoms with Gasteiger partial charge in [-0.25, -0.2) is 8.42 Å². The summed E-state index contributed by atoms with van der Waals surface area (Å²) in [5, 5.41) is 0. The molecule has 1 aromatic rings. The number of sulfone groups is 1. The molecule has 122 valence electrons. The van der Waals surface area contributed by atoms with Crippen molar-refractivity contribution in [3.63, 3.8) is 0 Å². The highest BCUT2D eigenvalue weighted by molar-refractivity contribution is 7.91. The molecule has 0 unspecified atom stereocenters. The zero-order valence-corrected chi connectivity index (χ0v) is 14.6. The second kappa shape index (κ2) is 7.01. The Morgan fingerprint density at radius 2 is 1.86 bits per heavy atom. The highest BCUT2D eigenvalue weighted by Gasteiger charge is 2.36. The van der Waals surface area contributed by atoms with Gasteiger partial charge in [-0.3, -0.25) is 4.79 Å². The fourth-order valence-electron chi connectivity index (χ4n) is 3.08. The highest BCUT2D eigenvalue weighted by atomic mass is 35.5. The van der Waals surface area contributed by atoms with Crippen molar-refractivity contribution >= 4 is 33.0 Å². The summed E-state index contributed by atoms with van der Waals surface area (Å²) in [4.78, 5) is 14.1. The average molecular weight is 344 g/mol. The summed E-state index contributed by atoms with van der Waals surface area (Å²) in [5.41, 5.74) is 2.98. The first-order chi connectivity index (χ1) is 10.4. The normalized spacial score (nSPS) is 20.0. The molecule has 1 aliphatic rings. The van der Waals surface area contributed by atoms with E-state index >= 15 is 0 Å². The molecular formula is C16H22ClNO3S. The van der Waals surface area contributed by atoms with Gasteiger partial charge in [-0.1, -0.05) is 32.0 Å². The van der Waals surface area contributed by atoms with Gasteiger partial charge in [0.05, 0.1) is 23.2 Å². The first kappa shape index (κ1) is 17.3. The van der Waals surface area contributed by atoms with Crippen LogP contribution in [0, 0.1) is 0 Å². The van der Waals surface area contributed by atoms with Gasteiger partial charge in [0, 0.05) is 0 Å². The molecule has 1 amide bonds. The maximum atomic E-state index is 12.4. The minimum absolute atomic E-state index is 0.0246. The standard InChI is InChI=1S/C16H22ClNO3S/c1-3-12-6-5-7-13(4-2)16(12)18(15(19)10-17)14-8-9-22(20,21)11-14/h5-7,14H,3-4,8-11H2,1-2H3/t14-/m0/s1. The van der Waals surface area contributed by atoms with Crippen LogP contribution < -0.4 is 4.90 Å². The van der Waals surface area contributed by atoms with Crippen molar-refractivity contribution in [3.05, 3.63) is 29.3 Å². The monoisotopic (exact) mass is 343 g/mol. The van der Waals surface area contributed by atoms with Crippen LogP contribution >= 0.6 is 11.6 Å². The zero-order valence-electron chi connectivity index (χ0n) is 13.0. The van der Waals surface area contributed by atoms with Crippen LogP contribution in [0.3, 0.4) is 0 Å². The van der Waals surface area contributed by atoms with Gasteiger partial charge in [-0.05, 0) is 30.4 Å². The zero-order chi connectivity index (χ0) is 16.3. The number of anilines is 1. The smallest absolute Gasteiger partial charge is 0.242 e. The first-order valence-corrected chi connectivity index (χ1v) is 9.98. The molecule has 0 aromatic heterocycles. The second-order valence-corrected chi connectivity index (χ2v) is 8.08. The van der Waals surface area contributed by atoms with Crippen LogP contribution in [0.25, 0.3) is 0 Å². The number of benzene rings is 1. The number of hydrogen-bond donors (Lipinski definition) is 0. The van der Waals surface area contributed by atoms with Crippen LogP contribution in [-0.2, 0) is 27.5 Å². The molecule has 1 atom stereocenters. The molecule has 6 heteroatoms. The van der Waals surface area contributed by atoms with Gasteiger partial charge in [0.2, 0.25) is 5.91 Å². The largest absolute Gasteiger partial charge is 0.307 e. The Morgan fingerprint density at radius 3 is 2.27 bits per heavy atom. The number of aryl methyl sites for hydroxylation is 2. The number of amides is 1. The molecule has 1 fully saturated rings. The van der Waals surface area contributed by atoms with E-state index < -0.39 is 9.84 Å². The fraction of sp³-hybridized carbons (Fsp3) is 0.562. The lowest BCUT2D eigenvalue weighted by molar-refractivity contribution is -0.116. The molecule has 0 spiro atoms. The predicted molar refractivity (Wildman–Crippen MR) is 90.5 cm³/mol. The lowest BCUT2D eigenvalue weighted by Crippen LogP contribution is -2.43. The lowest BCUT2D eigenvalue weighted by Gasteiger charge is -2.31. The van der Waals surface area contributed by atoms with Crippen molar-refractivity contribution in [2.24, 2.45) is 0 Å². The Balaban J connectivity index is 2.53. The summed E-state index contributed by atoms with van der Waals surface area (Å²) in [6, 6.07) is 5.66. The van der Waals surface area contributed by atoms with E-state index in [-0.39, 0.29) is 29.3 Å². The summed E-state index contributed by atoms with van der Waals surface area (Å²) >= 11 is 5.80. The van der Waals surface area contributed by atoms with Gasteiger partial charge < -0.3 is 4.90 Å². The van der Waals surface area contributed by atoms with E-state index in [9.17, 15) is 13.2 Å². The van der Waals surface area contributed by atoms with E-state index in [2.05, 4.69) is 0 Å². The third-order valence-electron chi connectivity index (χ3n) is 4.16. The van der Waals surface area contributed by atoms with Crippen molar-refractivity contribution in [2.45, 2.75) is 39.2 Å². The van der Waals surface area contributed by atoms with Crippen molar-refractivity contribution < 1.29 is 13.2 Å². The minimum atomic E-state index is -3.07. The Hall–Kier alpha value is -1.07. The molecule has 2 rings (SSSR count). The van der Waals surface area contributed by atoms with Gasteiger partial charge in [-0.15, -0.1) is 11.6 Å². The maximum absolute atomic E-state index is 12.4. The first-order valence-electron chi connectivity index (χ1n) is 7.62. The summed E-state index contributed by atoms with van der Waals surface area (Å²) in [5.74, 6) is -0.201. The third-order valence-corrected chi connectivity index (χ3v) is 6.14. The van der Waals surface area contributed by atoms with E-state index in [1.165, 1.54) is 0 Å². The molecule has 0 radical (unpaired) electrons. The number of halogens is 1. The summed E-state index contributed by atoms with van der Waals surface area (Å²) < 4.78 is 23.7. The van der Waals surface area contributed by atoms with E-state index in [1.807, 2.05) is 32.0 Å². The van der Waals surface area contributed by atoms with Crippen LogP contribution in [0.5, 0.6) is 0 Å². The van der Waals surface area contributed by atoms with Crippen LogP contribution in [0.15, 0.2) is 18.2 Å².